The molecule has 0 N–H and O–H groups in total. The fourth-order valence-corrected chi connectivity index (χ4v) is 5.79. The highest BCUT2D eigenvalue weighted by Gasteiger charge is 2.35. The number of hydrogen-bond donors (Lipinski definition) is 0. The maximum Gasteiger partial charge on any atom is 0.272 e. The van der Waals surface area contributed by atoms with Crippen molar-refractivity contribution in [3.8, 4) is 0 Å². The minimum atomic E-state index is -0.0908. The molecule has 2 amide bonds. The van der Waals surface area contributed by atoms with E-state index in [4.69, 9.17) is 16.6 Å². The molecule has 2 heterocycles. The van der Waals surface area contributed by atoms with Gasteiger partial charge in [-0.15, -0.1) is 0 Å². The number of aromatic nitrogens is 1. The molecule has 0 unspecified atom stereocenters. The third-order valence-corrected chi connectivity index (χ3v) is 8.27. The fraction of sp³-hybridized carbons (Fsp3) is 0.324. The Morgan fingerprint density at radius 1 is 0.805 bits per heavy atom. The summed E-state index contributed by atoms with van der Waals surface area (Å²) in [4.78, 5) is 38.5. The van der Waals surface area contributed by atoms with Crippen LogP contribution in [0.5, 0.6) is 0 Å². The van der Waals surface area contributed by atoms with Crippen molar-refractivity contribution >= 4 is 40.0 Å². The van der Waals surface area contributed by atoms with Crippen LogP contribution in [-0.4, -0.2) is 52.8 Å². The molecule has 0 saturated heterocycles. The third kappa shape index (κ3) is 6.61. The van der Waals surface area contributed by atoms with Crippen molar-refractivity contribution in [2.75, 3.05) is 31.1 Å². The zero-order valence-electron chi connectivity index (χ0n) is 23.2. The van der Waals surface area contributed by atoms with Gasteiger partial charge in [0.15, 0.2) is 0 Å². The summed E-state index contributed by atoms with van der Waals surface area (Å²) in [5.41, 5.74) is 4.36. The molecule has 6 nitrogen and oxygen atoms in total. The zero-order chi connectivity index (χ0) is 28.2. The van der Waals surface area contributed by atoms with Crippen LogP contribution in [0.15, 0.2) is 84.9 Å². The summed E-state index contributed by atoms with van der Waals surface area (Å²) in [7, 11) is 0. The molecule has 0 radical (unpaired) electrons. The van der Waals surface area contributed by atoms with Crippen LogP contribution in [0.25, 0.3) is 10.9 Å². The number of fused-ring (bicyclic) bond motifs is 2. The molecule has 1 aliphatic carbocycles. The quantitative estimate of drug-likeness (QED) is 0.280. The molecular weight excluding hydrogens is 532 g/mol. The van der Waals surface area contributed by atoms with Crippen LogP contribution in [-0.2, 0) is 17.9 Å². The average molecular weight is 567 g/mol. The highest BCUT2D eigenvalue weighted by molar-refractivity contribution is 6.30. The molecule has 7 heteroatoms. The normalized spacial score (nSPS) is 17.0. The van der Waals surface area contributed by atoms with Crippen LogP contribution in [0.3, 0.4) is 0 Å². The van der Waals surface area contributed by atoms with Gasteiger partial charge in [0.1, 0.15) is 5.69 Å². The monoisotopic (exact) mass is 566 g/mol. The Balaban J connectivity index is 1.31. The molecular formula is C34H35ClN4O2. The second-order valence-corrected chi connectivity index (χ2v) is 11.6. The molecule has 0 spiro atoms. The van der Waals surface area contributed by atoms with Crippen molar-refractivity contribution in [3.63, 3.8) is 0 Å². The zero-order valence-corrected chi connectivity index (χ0v) is 24.0. The Morgan fingerprint density at radius 2 is 1.54 bits per heavy atom. The predicted molar refractivity (Wildman–Crippen MR) is 164 cm³/mol. The Morgan fingerprint density at radius 3 is 2.34 bits per heavy atom. The number of pyridine rings is 1. The molecule has 6 rings (SSSR count). The molecule has 0 atom stereocenters. The molecule has 210 valence electrons. The van der Waals surface area contributed by atoms with E-state index >= 15 is 0 Å². The summed E-state index contributed by atoms with van der Waals surface area (Å²) in [5.74, 6) is 0.223. The molecule has 3 aromatic carbocycles. The molecule has 0 bridgehead atoms. The van der Waals surface area contributed by atoms with Crippen LogP contribution in [0, 0.1) is 5.92 Å². The van der Waals surface area contributed by atoms with E-state index in [0.29, 0.717) is 25.3 Å². The van der Waals surface area contributed by atoms with Crippen LogP contribution in [0.4, 0.5) is 5.69 Å². The van der Waals surface area contributed by atoms with Crippen molar-refractivity contribution in [2.45, 2.75) is 38.8 Å². The first-order valence-electron chi connectivity index (χ1n) is 14.6. The van der Waals surface area contributed by atoms with Gasteiger partial charge in [-0.3, -0.25) is 14.5 Å². The number of benzene rings is 3. The smallest absolute Gasteiger partial charge is 0.272 e. The van der Waals surface area contributed by atoms with Gasteiger partial charge in [-0.1, -0.05) is 66.2 Å². The number of amides is 2. The molecule has 41 heavy (non-hydrogen) atoms. The fourth-order valence-electron chi connectivity index (χ4n) is 5.67. The van der Waals surface area contributed by atoms with Crippen LogP contribution >= 0.6 is 11.6 Å². The lowest BCUT2D eigenvalue weighted by atomic mass is 10.1. The maximum absolute atomic E-state index is 14.0. The Kier molecular flexibility index (Phi) is 8.31. The van der Waals surface area contributed by atoms with E-state index in [1.54, 1.807) is 0 Å². The second-order valence-electron chi connectivity index (χ2n) is 11.1. The lowest BCUT2D eigenvalue weighted by Gasteiger charge is -2.31. The van der Waals surface area contributed by atoms with Crippen molar-refractivity contribution < 1.29 is 9.59 Å². The van der Waals surface area contributed by atoms with Gasteiger partial charge >= 0.3 is 0 Å². The van der Waals surface area contributed by atoms with Crippen molar-refractivity contribution in [1.82, 2.24) is 14.8 Å². The number of rotatable bonds is 4. The highest BCUT2D eigenvalue weighted by Crippen LogP contribution is 2.34. The second kappa shape index (κ2) is 12.4. The van der Waals surface area contributed by atoms with Crippen LogP contribution in [0.1, 0.15) is 47.3 Å². The summed E-state index contributed by atoms with van der Waals surface area (Å²) in [6.07, 6.45) is 3.63. The number of hydrogen-bond acceptors (Lipinski definition) is 4. The van der Waals surface area contributed by atoms with Gasteiger partial charge in [0, 0.05) is 61.3 Å². The molecule has 1 aromatic heterocycles. The van der Waals surface area contributed by atoms with Crippen molar-refractivity contribution in [2.24, 2.45) is 5.92 Å². The van der Waals surface area contributed by atoms with Crippen molar-refractivity contribution in [1.29, 1.82) is 0 Å². The lowest BCUT2D eigenvalue weighted by Crippen LogP contribution is -2.39. The number of nitrogens with zero attached hydrogens (tertiary/aromatic N) is 4. The first kappa shape index (κ1) is 27.4. The van der Waals surface area contributed by atoms with Gasteiger partial charge in [0.05, 0.1) is 5.52 Å². The minimum absolute atomic E-state index is 0.0908. The molecule has 1 fully saturated rings. The number of carbonyl (C=O) groups is 2. The first-order valence-corrected chi connectivity index (χ1v) is 14.9. The van der Waals surface area contributed by atoms with E-state index in [9.17, 15) is 9.59 Å². The Labute approximate surface area is 246 Å². The summed E-state index contributed by atoms with van der Waals surface area (Å²) in [6.45, 7) is 4.17. The highest BCUT2D eigenvalue weighted by atomic mass is 35.5. The van der Waals surface area contributed by atoms with Gasteiger partial charge in [0.2, 0.25) is 5.91 Å². The van der Waals surface area contributed by atoms with E-state index in [-0.39, 0.29) is 17.7 Å². The average Bonchev–Trinajstić information content (AvgIpc) is 3.84. The summed E-state index contributed by atoms with van der Waals surface area (Å²) >= 11 is 6.13. The summed E-state index contributed by atoms with van der Waals surface area (Å²) in [5, 5.41) is 1.74. The minimum Gasteiger partial charge on any atom is -0.333 e. The summed E-state index contributed by atoms with van der Waals surface area (Å²) in [6, 6.07) is 27.7. The maximum atomic E-state index is 14.0. The standard InChI is InChI=1S/C34H35ClN4O2/c35-29-16-11-25(12-17-29)23-37-19-5-21-38(34(41)31-18-15-26-7-1-3-9-30(26)36-31)24-28-8-2-4-10-32(28)39(22-6-20-37)33(40)27-13-14-27/h1-4,7-12,15-18,27H,5-6,13-14,19-24H2. The number of halogens is 1. The SMILES string of the molecule is O=C(c1ccc2ccccc2n1)N1CCCN(Cc2ccc(Cl)cc2)CCCN(C(=O)C2CC2)c2ccccc2C1. The topological polar surface area (TPSA) is 56.8 Å². The lowest BCUT2D eigenvalue weighted by molar-refractivity contribution is -0.119. The number of carbonyl (C=O) groups excluding carboxylic acids is 2. The van der Waals surface area contributed by atoms with E-state index < -0.39 is 0 Å². The number of anilines is 1. The van der Waals surface area contributed by atoms with Gasteiger partial charge in [-0.25, -0.2) is 4.98 Å². The van der Waals surface area contributed by atoms with E-state index in [2.05, 4.69) is 23.1 Å². The van der Waals surface area contributed by atoms with E-state index in [1.165, 1.54) is 5.56 Å². The first-order chi connectivity index (χ1) is 20.0. The van der Waals surface area contributed by atoms with Gasteiger partial charge in [-0.2, -0.15) is 0 Å². The van der Waals surface area contributed by atoms with Crippen LogP contribution < -0.4 is 4.90 Å². The molecule has 2 aliphatic rings. The van der Waals surface area contributed by atoms with E-state index in [1.807, 2.05) is 76.5 Å². The predicted octanol–water partition coefficient (Wildman–Crippen LogP) is 6.57. The van der Waals surface area contributed by atoms with Gasteiger partial charge in [-0.05, 0) is 67.1 Å². The third-order valence-electron chi connectivity index (χ3n) is 8.02. The Bertz CT molecular complexity index is 1540. The van der Waals surface area contributed by atoms with Crippen molar-refractivity contribution in [3.05, 3.63) is 107 Å². The summed E-state index contributed by atoms with van der Waals surface area (Å²) < 4.78 is 0. The molecule has 1 aliphatic heterocycles. The van der Waals surface area contributed by atoms with Gasteiger partial charge < -0.3 is 9.80 Å². The Hall–Kier alpha value is -3.74. The van der Waals surface area contributed by atoms with Gasteiger partial charge in [0.25, 0.3) is 5.91 Å². The van der Waals surface area contributed by atoms with E-state index in [0.717, 1.165) is 72.5 Å². The molecule has 4 aromatic rings. The molecule has 1 saturated carbocycles. The largest absolute Gasteiger partial charge is 0.333 e. The van der Waals surface area contributed by atoms with Crippen LogP contribution in [0.2, 0.25) is 5.02 Å². The number of para-hydroxylation sites is 2.